The van der Waals surface area contributed by atoms with Gasteiger partial charge in [-0.25, -0.2) is 0 Å². The summed E-state index contributed by atoms with van der Waals surface area (Å²) in [4.78, 5) is 50.6. The van der Waals surface area contributed by atoms with E-state index in [2.05, 4.69) is 0 Å². The Bertz CT molecular complexity index is 535. The molecule has 0 rings (SSSR count). The Labute approximate surface area is 147 Å². The number of hydrogen-bond acceptors (Lipinski definition) is 4. The minimum atomic E-state index is -1.24. The van der Waals surface area contributed by atoms with Gasteiger partial charge in [-0.1, -0.05) is 27.7 Å². The predicted octanol–water partition coefficient (Wildman–Crippen LogP) is 2.16. The van der Waals surface area contributed by atoms with Crippen LogP contribution in [0, 0.1) is 16.2 Å². The molecular weight excluding hydrogens is 305 g/mol. The van der Waals surface area contributed by atoms with E-state index in [0.29, 0.717) is 0 Å². The minimum absolute atomic E-state index is 0.00183. The van der Waals surface area contributed by atoms with E-state index in [1.807, 2.05) is 0 Å². The molecule has 0 saturated heterocycles. The molecular formula is C18H30BNO4. The molecule has 0 saturated carbocycles. The average Bonchev–Trinajstić information content (AvgIpc) is 2.44. The van der Waals surface area contributed by atoms with Crippen molar-refractivity contribution < 1.29 is 19.2 Å². The van der Waals surface area contributed by atoms with Gasteiger partial charge in [-0.15, -0.1) is 0 Å². The van der Waals surface area contributed by atoms with Crippen LogP contribution >= 0.6 is 0 Å². The van der Waals surface area contributed by atoms with Gasteiger partial charge in [-0.05, 0) is 27.2 Å². The fraction of sp³-hybridized carbons (Fsp3) is 0.778. The van der Waals surface area contributed by atoms with Gasteiger partial charge in [0.05, 0.1) is 18.7 Å². The first-order valence-corrected chi connectivity index (χ1v) is 8.13. The molecule has 0 aromatic heterocycles. The normalized spacial score (nSPS) is 12.7. The first-order chi connectivity index (χ1) is 10.6. The zero-order valence-electron chi connectivity index (χ0n) is 16.3. The molecule has 0 spiro atoms. The fourth-order valence-corrected chi connectivity index (χ4v) is 2.20. The second-order valence-corrected chi connectivity index (χ2v) is 8.33. The highest BCUT2D eigenvalue weighted by Crippen LogP contribution is 2.34. The Kier molecular flexibility index (Phi) is 7.16. The molecule has 0 heterocycles. The van der Waals surface area contributed by atoms with Gasteiger partial charge in [0.1, 0.15) is 17.3 Å². The van der Waals surface area contributed by atoms with Gasteiger partial charge >= 0.3 is 0 Å². The van der Waals surface area contributed by atoms with E-state index in [1.165, 1.54) is 11.8 Å². The zero-order valence-corrected chi connectivity index (χ0v) is 16.3. The van der Waals surface area contributed by atoms with Crippen molar-refractivity contribution in [1.29, 1.82) is 0 Å². The van der Waals surface area contributed by atoms with E-state index < -0.39 is 16.2 Å². The monoisotopic (exact) mass is 335 g/mol. The Morgan fingerprint density at radius 1 is 0.833 bits per heavy atom. The lowest BCUT2D eigenvalue weighted by atomic mass is 9.71. The minimum Gasteiger partial charge on any atom is -0.354 e. The number of amides is 1. The first-order valence-electron chi connectivity index (χ1n) is 8.13. The van der Waals surface area contributed by atoms with Crippen LogP contribution in [-0.2, 0) is 19.2 Å². The van der Waals surface area contributed by atoms with Gasteiger partial charge in [-0.2, -0.15) is 0 Å². The summed E-state index contributed by atoms with van der Waals surface area (Å²) in [6.07, 6.45) is -0.000851. The van der Waals surface area contributed by atoms with Gasteiger partial charge in [0.15, 0.2) is 0 Å². The molecule has 5 nitrogen and oxygen atoms in total. The van der Waals surface area contributed by atoms with E-state index >= 15 is 0 Å². The van der Waals surface area contributed by atoms with Crippen molar-refractivity contribution in [1.82, 2.24) is 4.90 Å². The molecule has 0 aliphatic heterocycles. The van der Waals surface area contributed by atoms with Crippen molar-refractivity contribution >= 4 is 31.1 Å². The number of Topliss-reactive ketones (excluding diaryl/α,β-unsaturated/α-hetero) is 3. The van der Waals surface area contributed by atoms with Gasteiger partial charge in [0, 0.05) is 25.3 Å². The standard InChI is InChI=1S/C18H30BNO4/c1-12(21)16(2,3)9-13(22)18(6,7)14(23)10-17(4,5)15(24)20(8)11-19/h9-11H2,1-8H3. The number of hydrogen-bond donors (Lipinski definition) is 0. The Balaban J connectivity index is 5.24. The molecule has 0 atom stereocenters. The molecule has 0 fully saturated rings. The van der Waals surface area contributed by atoms with E-state index in [0.717, 1.165) is 0 Å². The lowest BCUT2D eigenvalue weighted by Crippen LogP contribution is -2.44. The molecule has 0 unspecified atom stereocenters. The van der Waals surface area contributed by atoms with Gasteiger partial charge in [0.25, 0.3) is 0 Å². The van der Waals surface area contributed by atoms with Crippen LogP contribution < -0.4 is 0 Å². The second-order valence-electron chi connectivity index (χ2n) is 8.33. The third-order valence-electron chi connectivity index (χ3n) is 4.75. The maximum absolute atomic E-state index is 12.7. The molecule has 24 heavy (non-hydrogen) atoms. The van der Waals surface area contributed by atoms with Gasteiger partial charge in [-0.3, -0.25) is 19.2 Å². The summed E-state index contributed by atoms with van der Waals surface area (Å²) in [5.41, 5.74) is -3.00. The lowest BCUT2D eigenvalue weighted by molar-refractivity contribution is -0.147. The van der Waals surface area contributed by atoms with Crippen LogP contribution in [0.25, 0.3) is 0 Å². The molecule has 0 aromatic carbocycles. The fourth-order valence-electron chi connectivity index (χ4n) is 2.20. The third-order valence-corrected chi connectivity index (χ3v) is 4.75. The third kappa shape index (κ3) is 5.28. The molecule has 0 N–H and O–H groups in total. The molecule has 0 aliphatic carbocycles. The average molecular weight is 335 g/mol. The van der Waals surface area contributed by atoms with Crippen molar-refractivity contribution in [3.8, 4) is 0 Å². The van der Waals surface area contributed by atoms with E-state index in [4.69, 9.17) is 7.85 Å². The maximum Gasteiger partial charge on any atom is 0.227 e. The van der Waals surface area contributed by atoms with E-state index in [9.17, 15) is 19.2 Å². The summed E-state index contributed by atoms with van der Waals surface area (Å²) in [5.74, 6) is -0.941. The summed E-state index contributed by atoms with van der Waals surface area (Å²) in [6, 6.07) is 0. The van der Waals surface area contributed by atoms with Gasteiger partial charge in [0.2, 0.25) is 5.91 Å². The second kappa shape index (κ2) is 7.62. The van der Waals surface area contributed by atoms with E-state index in [-0.39, 0.29) is 42.5 Å². The predicted molar refractivity (Wildman–Crippen MR) is 94.7 cm³/mol. The van der Waals surface area contributed by atoms with Crippen molar-refractivity contribution in [2.24, 2.45) is 16.2 Å². The summed E-state index contributed by atoms with van der Waals surface area (Å²) in [7, 11) is 7.04. The highest BCUT2D eigenvalue weighted by atomic mass is 16.2. The Morgan fingerprint density at radius 3 is 1.54 bits per heavy atom. The summed E-state index contributed by atoms with van der Waals surface area (Å²) >= 11 is 0. The summed E-state index contributed by atoms with van der Waals surface area (Å²) in [5, 5.41) is 0. The molecule has 0 aliphatic rings. The van der Waals surface area contributed by atoms with Crippen LogP contribution in [0.1, 0.15) is 61.3 Å². The van der Waals surface area contributed by atoms with Crippen molar-refractivity contribution in [3.05, 3.63) is 0 Å². The highest BCUT2D eigenvalue weighted by molar-refractivity contribution is 6.11. The smallest absolute Gasteiger partial charge is 0.227 e. The number of nitrogens with zero attached hydrogens (tertiary/aromatic N) is 1. The molecule has 0 bridgehead atoms. The topological polar surface area (TPSA) is 71.5 Å². The lowest BCUT2D eigenvalue weighted by Gasteiger charge is -2.32. The van der Waals surface area contributed by atoms with Crippen LogP contribution in [-0.4, -0.2) is 49.5 Å². The quantitative estimate of drug-likeness (QED) is 0.478. The first kappa shape index (κ1) is 22.5. The molecule has 2 radical (unpaired) electrons. The number of rotatable bonds is 9. The van der Waals surface area contributed by atoms with Crippen molar-refractivity contribution in [3.63, 3.8) is 0 Å². The van der Waals surface area contributed by atoms with E-state index in [1.54, 1.807) is 48.6 Å². The summed E-state index contributed by atoms with van der Waals surface area (Å²) in [6.45, 7) is 11.3. The highest BCUT2D eigenvalue weighted by Gasteiger charge is 2.43. The van der Waals surface area contributed by atoms with Crippen LogP contribution in [0.15, 0.2) is 0 Å². The zero-order chi connectivity index (χ0) is 19.5. The molecule has 6 heteroatoms. The number of carbonyl (C=O) groups is 4. The Morgan fingerprint density at radius 2 is 1.21 bits per heavy atom. The number of carbonyl (C=O) groups excluding carboxylic acids is 4. The van der Waals surface area contributed by atoms with Gasteiger partial charge < -0.3 is 4.90 Å². The summed E-state index contributed by atoms with van der Waals surface area (Å²) < 4.78 is 0. The maximum atomic E-state index is 12.7. The largest absolute Gasteiger partial charge is 0.354 e. The SMILES string of the molecule is [B]CN(C)C(=O)C(C)(C)CC(=O)C(C)(C)C(=O)CC(C)(C)C(C)=O. The Hall–Kier alpha value is -1.46. The van der Waals surface area contributed by atoms with Crippen LogP contribution in [0.5, 0.6) is 0 Å². The molecule has 134 valence electrons. The van der Waals surface area contributed by atoms with Crippen LogP contribution in [0.4, 0.5) is 0 Å². The number of ketones is 3. The van der Waals surface area contributed by atoms with Crippen molar-refractivity contribution in [2.45, 2.75) is 61.3 Å². The van der Waals surface area contributed by atoms with Crippen LogP contribution in [0.2, 0.25) is 0 Å². The molecule has 1 amide bonds. The van der Waals surface area contributed by atoms with Crippen LogP contribution in [0.3, 0.4) is 0 Å². The molecule has 0 aromatic rings. The van der Waals surface area contributed by atoms with Crippen molar-refractivity contribution in [2.75, 3.05) is 13.5 Å².